The van der Waals surface area contributed by atoms with Crippen molar-refractivity contribution in [1.82, 2.24) is 0 Å². The van der Waals surface area contributed by atoms with Gasteiger partial charge in [0.1, 0.15) is 12.6 Å². The molecule has 0 bridgehead atoms. The van der Waals surface area contributed by atoms with Crippen molar-refractivity contribution in [2.75, 3.05) is 12.4 Å². The highest BCUT2D eigenvalue weighted by Gasteiger charge is 2.30. The molecular weight excluding hydrogens is 343 g/mol. The van der Waals surface area contributed by atoms with Crippen LogP contribution in [-0.2, 0) is 17.5 Å². The van der Waals surface area contributed by atoms with Gasteiger partial charge in [-0.05, 0) is 31.2 Å². The Morgan fingerprint density at radius 1 is 1.19 bits per heavy atom. The van der Waals surface area contributed by atoms with Crippen LogP contribution < -0.4 is 10.2 Å². The topological polar surface area (TPSA) is 57.3 Å². The summed E-state index contributed by atoms with van der Waals surface area (Å²) < 4.78 is 37.8. The number of nitriles is 1. The lowest BCUT2D eigenvalue weighted by molar-refractivity contribution is -0.907. The van der Waals surface area contributed by atoms with E-state index in [0.29, 0.717) is 23.4 Å². The van der Waals surface area contributed by atoms with Crippen LogP contribution in [-0.4, -0.2) is 19.0 Å². The molecule has 0 saturated heterocycles. The molecule has 0 aliphatic heterocycles. The van der Waals surface area contributed by atoms with Crippen molar-refractivity contribution in [3.63, 3.8) is 0 Å². The van der Waals surface area contributed by atoms with Crippen molar-refractivity contribution < 1.29 is 22.9 Å². The predicted octanol–water partition coefficient (Wildman–Crippen LogP) is 2.62. The number of nitrogens with zero attached hydrogens (tertiary/aromatic N) is 1. The first kappa shape index (κ1) is 19.5. The van der Waals surface area contributed by atoms with E-state index >= 15 is 0 Å². The molecule has 0 spiro atoms. The Morgan fingerprint density at radius 3 is 2.38 bits per heavy atom. The fourth-order valence-electron chi connectivity index (χ4n) is 2.44. The maximum atomic E-state index is 12.6. The Bertz CT molecular complexity index is 810. The minimum Gasteiger partial charge on any atom is -0.324 e. The summed E-state index contributed by atoms with van der Waals surface area (Å²) in [5.74, 6) is -0.267. The molecule has 2 rings (SSSR count). The molecule has 0 fully saturated rings. The maximum absolute atomic E-state index is 12.6. The molecule has 7 heteroatoms. The number of carbonyl (C=O) groups is 1. The van der Waals surface area contributed by atoms with Crippen LogP contribution in [0, 0.1) is 11.3 Å². The van der Waals surface area contributed by atoms with Crippen LogP contribution >= 0.6 is 0 Å². The number of hydrogen-bond acceptors (Lipinski definition) is 2. The number of halogens is 3. The normalized spacial score (nSPS) is 13.5. The number of quaternary nitrogens is 1. The Balaban J connectivity index is 2.01. The highest BCUT2D eigenvalue weighted by atomic mass is 19.4. The predicted molar refractivity (Wildman–Crippen MR) is 91.3 cm³/mol. The lowest BCUT2D eigenvalue weighted by atomic mass is 10.1. The average Bonchev–Trinajstić information content (AvgIpc) is 2.61. The summed E-state index contributed by atoms with van der Waals surface area (Å²) in [7, 11) is 1.79. The summed E-state index contributed by atoms with van der Waals surface area (Å²) in [6.07, 6.45) is -4.36. The molecule has 136 valence electrons. The van der Waals surface area contributed by atoms with Crippen LogP contribution in [0.15, 0.2) is 48.5 Å². The third kappa shape index (κ3) is 4.83. The van der Waals surface area contributed by atoms with Gasteiger partial charge in [0.25, 0.3) is 5.91 Å². The highest BCUT2D eigenvalue weighted by molar-refractivity contribution is 5.94. The zero-order valence-electron chi connectivity index (χ0n) is 14.4. The second-order valence-electron chi connectivity index (χ2n) is 6.09. The van der Waals surface area contributed by atoms with Crippen LogP contribution in [0.5, 0.6) is 0 Å². The van der Waals surface area contributed by atoms with E-state index in [4.69, 9.17) is 5.26 Å². The minimum absolute atomic E-state index is 0.267. The molecule has 0 heterocycles. The molecule has 0 aliphatic rings. The molecule has 0 aliphatic carbocycles. The zero-order chi connectivity index (χ0) is 19.3. The van der Waals surface area contributed by atoms with Crippen LogP contribution in [0.2, 0.25) is 0 Å². The summed E-state index contributed by atoms with van der Waals surface area (Å²) >= 11 is 0. The molecule has 0 aromatic heterocycles. The molecule has 2 atom stereocenters. The van der Waals surface area contributed by atoms with Gasteiger partial charge in [-0.2, -0.15) is 18.4 Å². The average molecular weight is 362 g/mol. The second-order valence-corrected chi connectivity index (χ2v) is 6.09. The van der Waals surface area contributed by atoms with E-state index in [1.165, 1.54) is 12.1 Å². The van der Waals surface area contributed by atoms with Crippen molar-refractivity contribution in [2.24, 2.45) is 0 Å². The Labute approximate surface area is 149 Å². The summed E-state index contributed by atoms with van der Waals surface area (Å²) in [6.45, 7) is 2.12. The van der Waals surface area contributed by atoms with Gasteiger partial charge in [-0.25, -0.2) is 0 Å². The van der Waals surface area contributed by atoms with Crippen LogP contribution in [0.3, 0.4) is 0 Å². The number of rotatable bonds is 5. The van der Waals surface area contributed by atoms with E-state index in [-0.39, 0.29) is 5.91 Å². The monoisotopic (exact) mass is 362 g/mol. The van der Waals surface area contributed by atoms with Gasteiger partial charge in [-0.1, -0.05) is 24.3 Å². The van der Waals surface area contributed by atoms with Gasteiger partial charge in [0.05, 0.1) is 23.9 Å². The fraction of sp³-hybridized carbons (Fsp3) is 0.263. The van der Waals surface area contributed by atoms with E-state index in [1.807, 2.05) is 6.07 Å². The number of carbonyl (C=O) groups excluding carboxylic acids is 1. The van der Waals surface area contributed by atoms with Crippen LogP contribution in [0.25, 0.3) is 0 Å². The molecule has 2 N–H and O–H groups in total. The van der Waals surface area contributed by atoms with E-state index in [0.717, 1.165) is 17.0 Å². The summed E-state index contributed by atoms with van der Waals surface area (Å²) in [5, 5.41) is 11.8. The Morgan fingerprint density at radius 2 is 1.81 bits per heavy atom. The SMILES string of the molecule is C[C@@H](C(=O)Nc1ccccc1C#N)[NH+](C)Cc1ccc(C(F)(F)F)cc1. The van der Waals surface area contributed by atoms with Crippen LogP contribution in [0.4, 0.5) is 18.9 Å². The third-order valence-electron chi connectivity index (χ3n) is 4.20. The van der Waals surface area contributed by atoms with Gasteiger partial charge in [0.2, 0.25) is 0 Å². The molecule has 2 aromatic carbocycles. The number of anilines is 1. The van der Waals surface area contributed by atoms with Crippen molar-refractivity contribution in [3.8, 4) is 6.07 Å². The van der Waals surface area contributed by atoms with Crippen LogP contribution in [0.1, 0.15) is 23.6 Å². The van der Waals surface area contributed by atoms with E-state index in [9.17, 15) is 18.0 Å². The number of amides is 1. The van der Waals surface area contributed by atoms with Gasteiger partial charge >= 0.3 is 6.18 Å². The van der Waals surface area contributed by atoms with Crippen molar-refractivity contribution in [2.45, 2.75) is 25.7 Å². The molecule has 1 unspecified atom stereocenters. The lowest BCUT2D eigenvalue weighted by Gasteiger charge is -2.21. The highest BCUT2D eigenvalue weighted by Crippen LogP contribution is 2.28. The molecular formula is C19H19F3N3O+. The molecule has 2 aromatic rings. The van der Waals surface area contributed by atoms with Gasteiger partial charge in [-0.3, -0.25) is 4.79 Å². The molecule has 0 saturated carbocycles. The van der Waals surface area contributed by atoms with Crippen molar-refractivity contribution in [3.05, 3.63) is 65.2 Å². The number of alkyl halides is 3. The third-order valence-corrected chi connectivity index (χ3v) is 4.20. The minimum atomic E-state index is -4.36. The number of hydrogen-bond donors (Lipinski definition) is 2. The Hall–Kier alpha value is -2.85. The maximum Gasteiger partial charge on any atom is 0.416 e. The molecule has 26 heavy (non-hydrogen) atoms. The van der Waals surface area contributed by atoms with Crippen molar-refractivity contribution >= 4 is 11.6 Å². The lowest BCUT2D eigenvalue weighted by Crippen LogP contribution is -3.12. The van der Waals surface area contributed by atoms with Gasteiger partial charge in [0, 0.05) is 5.56 Å². The number of para-hydroxylation sites is 1. The number of nitrogens with one attached hydrogen (secondary N) is 2. The number of benzene rings is 2. The molecule has 4 nitrogen and oxygen atoms in total. The summed E-state index contributed by atoms with van der Waals surface area (Å²) in [5.41, 5.74) is 0.813. The standard InChI is InChI=1S/C19H18F3N3O/c1-13(18(26)24-17-6-4-3-5-15(17)11-23)25(2)12-14-7-9-16(10-8-14)19(20,21)22/h3-10,13H,12H2,1-2H3,(H,24,26)/p+1/t13-/m0/s1. The molecule has 0 radical (unpaired) electrons. The van der Waals surface area contributed by atoms with Gasteiger partial charge in [-0.15, -0.1) is 0 Å². The Kier molecular flexibility index (Phi) is 6.01. The van der Waals surface area contributed by atoms with Gasteiger partial charge < -0.3 is 10.2 Å². The van der Waals surface area contributed by atoms with E-state index in [2.05, 4.69) is 5.32 Å². The number of likely N-dealkylation sites (N-methyl/N-ethyl adjacent to an activating group) is 1. The summed E-state index contributed by atoms with van der Waals surface area (Å²) in [6, 6.07) is 13.2. The van der Waals surface area contributed by atoms with Crippen molar-refractivity contribution in [1.29, 1.82) is 5.26 Å². The zero-order valence-corrected chi connectivity index (χ0v) is 14.4. The fourth-order valence-corrected chi connectivity index (χ4v) is 2.44. The quantitative estimate of drug-likeness (QED) is 0.859. The first-order valence-corrected chi connectivity index (χ1v) is 8.01. The first-order chi connectivity index (χ1) is 12.2. The second kappa shape index (κ2) is 8.02. The van der Waals surface area contributed by atoms with Gasteiger partial charge in [0.15, 0.2) is 6.04 Å². The van der Waals surface area contributed by atoms with E-state index in [1.54, 1.807) is 38.2 Å². The molecule has 1 amide bonds. The largest absolute Gasteiger partial charge is 0.416 e. The smallest absolute Gasteiger partial charge is 0.324 e. The first-order valence-electron chi connectivity index (χ1n) is 8.01. The summed E-state index contributed by atoms with van der Waals surface area (Å²) in [4.78, 5) is 13.2. The van der Waals surface area contributed by atoms with E-state index < -0.39 is 17.8 Å².